The molecule has 0 aliphatic heterocycles. The highest BCUT2D eigenvalue weighted by Gasteiger charge is 2.07. The number of hydrogen-bond acceptors (Lipinski definition) is 3. The molecule has 0 aromatic heterocycles. The van der Waals surface area contributed by atoms with Crippen molar-refractivity contribution in [1.82, 2.24) is 10.2 Å². The Labute approximate surface area is 90.5 Å². The van der Waals surface area contributed by atoms with Gasteiger partial charge in [-0.15, -0.1) is 0 Å². The van der Waals surface area contributed by atoms with Crippen molar-refractivity contribution in [3.63, 3.8) is 0 Å². The van der Waals surface area contributed by atoms with Crippen LogP contribution in [-0.4, -0.2) is 48.6 Å². The van der Waals surface area contributed by atoms with Crippen molar-refractivity contribution in [3.8, 4) is 0 Å². The predicted molar refractivity (Wildman–Crippen MR) is 57.3 cm³/mol. The maximum Gasteiger partial charge on any atom is 0.241 e. The van der Waals surface area contributed by atoms with Gasteiger partial charge in [0.05, 0.1) is 6.54 Å². The average molecular weight is 216 g/mol. The molecule has 0 unspecified atom stereocenters. The second kappa shape index (κ2) is 8.23. The Bertz CT molecular complexity index is 207. The standard InChI is InChI=1S/C10H20N2O3/c1-9(14)11-8-10(15)12(2)6-4-3-5-7-13/h13H,3-8H2,1-2H3,(H,11,14). The molecule has 0 saturated heterocycles. The van der Waals surface area contributed by atoms with Crippen molar-refractivity contribution >= 4 is 11.8 Å². The van der Waals surface area contributed by atoms with Gasteiger partial charge in [-0.3, -0.25) is 9.59 Å². The van der Waals surface area contributed by atoms with E-state index in [0.717, 1.165) is 19.3 Å². The van der Waals surface area contributed by atoms with Gasteiger partial charge in [0, 0.05) is 27.1 Å². The van der Waals surface area contributed by atoms with Crippen LogP contribution in [0.5, 0.6) is 0 Å². The summed E-state index contributed by atoms with van der Waals surface area (Å²) in [6, 6.07) is 0. The first-order chi connectivity index (χ1) is 7.07. The lowest BCUT2D eigenvalue weighted by Gasteiger charge is -2.16. The van der Waals surface area contributed by atoms with Gasteiger partial charge >= 0.3 is 0 Å². The zero-order chi connectivity index (χ0) is 11.7. The van der Waals surface area contributed by atoms with Crippen LogP contribution in [0.3, 0.4) is 0 Å². The molecule has 0 fully saturated rings. The minimum absolute atomic E-state index is 0.0613. The maximum absolute atomic E-state index is 11.4. The third-order valence-corrected chi connectivity index (χ3v) is 2.07. The summed E-state index contributed by atoms with van der Waals surface area (Å²) in [4.78, 5) is 23.5. The minimum Gasteiger partial charge on any atom is -0.396 e. The third kappa shape index (κ3) is 7.93. The number of nitrogens with zero attached hydrogens (tertiary/aromatic N) is 1. The van der Waals surface area contributed by atoms with Crippen LogP contribution in [0.1, 0.15) is 26.2 Å². The summed E-state index contributed by atoms with van der Waals surface area (Å²) >= 11 is 0. The molecule has 0 aliphatic rings. The molecule has 0 rings (SSSR count). The number of aliphatic hydroxyl groups excluding tert-OH is 1. The van der Waals surface area contributed by atoms with Crippen LogP contribution < -0.4 is 5.32 Å². The fraction of sp³-hybridized carbons (Fsp3) is 0.800. The largest absolute Gasteiger partial charge is 0.396 e. The van der Waals surface area contributed by atoms with E-state index in [9.17, 15) is 9.59 Å². The SMILES string of the molecule is CC(=O)NCC(=O)N(C)CCCCCO. The average Bonchev–Trinajstić information content (AvgIpc) is 2.20. The monoisotopic (exact) mass is 216 g/mol. The van der Waals surface area contributed by atoms with Crippen LogP contribution in [0.2, 0.25) is 0 Å². The molecule has 88 valence electrons. The zero-order valence-electron chi connectivity index (χ0n) is 9.45. The van der Waals surface area contributed by atoms with Crippen molar-refractivity contribution in [2.75, 3.05) is 26.7 Å². The Balaban J connectivity index is 3.55. The van der Waals surface area contributed by atoms with Gasteiger partial charge in [-0.1, -0.05) is 0 Å². The molecule has 5 nitrogen and oxygen atoms in total. The fourth-order valence-corrected chi connectivity index (χ4v) is 1.10. The molecule has 2 N–H and O–H groups in total. The van der Waals surface area contributed by atoms with Crippen LogP contribution in [0.25, 0.3) is 0 Å². The minimum atomic E-state index is -0.197. The molecule has 0 atom stereocenters. The van der Waals surface area contributed by atoms with Crippen molar-refractivity contribution in [1.29, 1.82) is 0 Å². The number of unbranched alkanes of at least 4 members (excludes halogenated alkanes) is 2. The van der Waals surface area contributed by atoms with Crippen molar-refractivity contribution in [2.45, 2.75) is 26.2 Å². The van der Waals surface area contributed by atoms with E-state index in [4.69, 9.17) is 5.11 Å². The molecule has 0 radical (unpaired) electrons. The van der Waals surface area contributed by atoms with Gasteiger partial charge in [0.2, 0.25) is 11.8 Å². The third-order valence-electron chi connectivity index (χ3n) is 2.07. The van der Waals surface area contributed by atoms with Crippen LogP contribution in [-0.2, 0) is 9.59 Å². The van der Waals surface area contributed by atoms with Crippen LogP contribution >= 0.6 is 0 Å². The van der Waals surface area contributed by atoms with E-state index in [1.54, 1.807) is 11.9 Å². The van der Waals surface area contributed by atoms with E-state index in [0.29, 0.717) is 6.54 Å². The predicted octanol–water partition coefficient (Wildman–Crippen LogP) is -0.257. The molecule has 5 heteroatoms. The number of likely N-dealkylation sites (N-methyl/N-ethyl adjacent to an activating group) is 1. The summed E-state index contributed by atoms with van der Waals surface area (Å²) in [6.45, 7) is 2.31. The lowest BCUT2D eigenvalue weighted by molar-refractivity contribution is -0.131. The van der Waals surface area contributed by atoms with Gasteiger partial charge in [0.15, 0.2) is 0 Å². The number of carbonyl (C=O) groups is 2. The lowest BCUT2D eigenvalue weighted by atomic mass is 10.2. The Morgan fingerprint density at radius 2 is 1.93 bits per heavy atom. The maximum atomic E-state index is 11.4. The smallest absolute Gasteiger partial charge is 0.241 e. The fourth-order valence-electron chi connectivity index (χ4n) is 1.10. The van der Waals surface area contributed by atoms with Crippen LogP contribution in [0.15, 0.2) is 0 Å². The van der Waals surface area contributed by atoms with Gasteiger partial charge in [-0.25, -0.2) is 0 Å². The van der Waals surface area contributed by atoms with E-state index in [2.05, 4.69) is 5.32 Å². The Kier molecular flexibility index (Phi) is 7.62. The van der Waals surface area contributed by atoms with Gasteiger partial charge in [0.1, 0.15) is 0 Å². The second-order valence-corrected chi connectivity index (χ2v) is 3.51. The normalized spacial score (nSPS) is 9.80. The molecule has 0 saturated carbocycles. The molecule has 0 aliphatic carbocycles. The number of nitrogens with one attached hydrogen (secondary N) is 1. The highest BCUT2D eigenvalue weighted by atomic mass is 16.3. The van der Waals surface area contributed by atoms with Gasteiger partial charge in [0.25, 0.3) is 0 Å². The van der Waals surface area contributed by atoms with Crippen molar-refractivity contribution < 1.29 is 14.7 Å². The highest BCUT2D eigenvalue weighted by Crippen LogP contribution is 1.96. The lowest BCUT2D eigenvalue weighted by Crippen LogP contribution is -2.37. The summed E-state index contributed by atoms with van der Waals surface area (Å²) in [7, 11) is 1.71. The Morgan fingerprint density at radius 3 is 2.47 bits per heavy atom. The first-order valence-electron chi connectivity index (χ1n) is 5.17. The van der Waals surface area contributed by atoms with Crippen molar-refractivity contribution in [2.24, 2.45) is 0 Å². The number of aliphatic hydroxyl groups is 1. The molecular formula is C10H20N2O3. The van der Waals surface area contributed by atoms with Gasteiger partial charge in [-0.2, -0.15) is 0 Å². The quantitative estimate of drug-likeness (QED) is 0.576. The Morgan fingerprint density at radius 1 is 1.27 bits per heavy atom. The molecule has 0 aromatic rings. The first kappa shape index (κ1) is 13.9. The van der Waals surface area contributed by atoms with Gasteiger partial charge in [-0.05, 0) is 19.3 Å². The van der Waals surface area contributed by atoms with Gasteiger partial charge < -0.3 is 15.3 Å². The molecule has 15 heavy (non-hydrogen) atoms. The summed E-state index contributed by atoms with van der Waals surface area (Å²) in [5.74, 6) is -0.286. The molecule has 0 spiro atoms. The molecule has 0 bridgehead atoms. The van der Waals surface area contributed by atoms with E-state index >= 15 is 0 Å². The number of carbonyl (C=O) groups excluding carboxylic acids is 2. The van der Waals surface area contributed by atoms with E-state index in [-0.39, 0.29) is 25.0 Å². The number of hydrogen-bond donors (Lipinski definition) is 2. The molecule has 0 heterocycles. The Hall–Kier alpha value is -1.10. The van der Waals surface area contributed by atoms with E-state index in [1.165, 1.54) is 6.92 Å². The highest BCUT2D eigenvalue weighted by molar-refractivity contribution is 5.83. The van der Waals surface area contributed by atoms with Crippen LogP contribution in [0, 0.1) is 0 Å². The molecule has 0 aromatic carbocycles. The molecule has 2 amide bonds. The van der Waals surface area contributed by atoms with Crippen LogP contribution in [0.4, 0.5) is 0 Å². The summed E-state index contributed by atoms with van der Waals surface area (Å²) < 4.78 is 0. The second-order valence-electron chi connectivity index (χ2n) is 3.51. The van der Waals surface area contributed by atoms with E-state index < -0.39 is 0 Å². The summed E-state index contributed by atoms with van der Waals surface area (Å²) in [5.41, 5.74) is 0. The number of amides is 2. The zero-order valence-corrected chi connectivity index (χ0v) is 9.45. The number of rotatable bonds is 7. The first-order valence-corrected chi connectivity index (χ1v) is 5.17. The molecular weight excluding hydrogens is 196 g/mol. The van der Waals surface area contributed by atoms with Crippen molar-refractivity contribution in [3.05, 3.63) is 0 Å². The summed E-state index contributed by atoms with van der Waals surface area (Å²) in [5, 5.41) is 11.0. The topological polar surface area (TPSA) is 69.6 Å². The van der Waals surface area contributed by atoms with E-state index in [1.807, 2.05) is 0 Å². The summed E-state index contributed by atoms with van der Waals surface area (Å²) in [6.07, 6.45) is 2.56.